The van der Waals surface area contributed by atoms with Gasteiger partial charge in [0.05, 0.1) is 5.71 Å². The first kappa shape index (κ1) is 12.2. The Morgan fingerprint density at radius 2 is 2.16 bits per heavy atom. The van der Waals surface area contributed by atoms with E-state index in [9.17, 15) is 10.3 Å². The molecule has 0 saturated carbocycles. The maximum atomic E-state index is 10.1. The average Bonchev–Trinajstić information content (AvgIpc) is 2.41. The number of aromatic hydroxyl groups is 1. The molecule has 1 aliphatic carbocycles. The SMILES string of the molecule is C=CCN1CC2CC(C1)c1cccc(O)c1/C2=N\O. The van der Waals surface area contributed by atoms with Crippen molar-refractivity contribution in [2.24, 2.45) is 11.1 Å². The van der Waals surface area contributed by atoms with Crippen molar-refractivity contribution >= 4 is 5.71 Å². The molecule has 2 atom stereocenters. The highest BCUT2D eigenvalue weighted by Crippen LogP contribution is 2.42. The second kappa shape index (κ2) is 4.70. The molecule has 4 nitrogen and oxygen atoms in total. The summed E-state index contributed by atoms with van der Waals surface area (Å²) in [5, 5.41) is 22.9. The molecule has 2 bridgehead atoms. The smallest absolute Gasteiger partial charge is 0.125 e. The Labute approximate surface area is 112 Å². The van der Waals surface area contributed by atoms with Gasteiger partial charge in [-0.1, -0.05) is 23.4 Å². The van der Waals surface area contributed by atoms with Crippen molar-refractivity contribution in [1.29, 1.82) is 0 Å². The van der Waals surface area contributed by atoms with Gasteiger partial charge in [-0.25, -0.2) is 0 Å². The number of nitrogens with zero attached hydrogens (tertiary/aromatic N) is 2. The summed E-state index contributed by atoms with van der Waals surface area (Å²) in [7, 11) is 0. The molecule has 1 fully saturated rings. The van der Waals surface area contributed by atoms with Crippen molar-refractivity contribution in [2.45, 2.75) is 12.3 Å². The van der Waals surface area contributed by atoms with E-state index in [-0.39, 0.29) is 11.7 Å². The van der Waals surface area contributed by atoms with Crippen LogP contribution >= 0.6 is 0 Å². The van der Waals surface area contributed by atoms with E-state index < -0.39 is 0 Å². The Morgan fingerprint density at radius 3 is 2.89 bits per heavy atom. The van der Waals surface area contributed by atoms with Crippen molar-refractivity contribution in [3.05, 3.63) is 42.0 Å². The molecule has 2 unspecified atom stereocenters. The quantitative estimate of drug-likeness (QED) is 0.485. The lowest BCUT2D eigenvalue weighted by Gasteiger charge is -2.42. The number of fused-ring (bicyclic) bond motifs is 4. The summed E-state index contributed by atoms with van der Waals surface area (Å²) < 4.78 is 0. The first-order chi connectivity index (χ1) is 9.24. The number of hydrogen-bond acceptors (Lipinski definition) is 4. The molecule has 1 aromatic rings. The lowest BCUT2D eigenvalue weighted by atomic mass is 9.72. The number of piperidine rings is 1. The highest BCUT2D eigenvalue weighted by Gasteiger charge is 2.39. The van der Waals surface area contributed by atoms with Gasteiger partial charge in [0.25, 0.3) is 0 Å². The van der Waals surface area contributed by atoms with Gasteiger partial charge in [-0.2, -0.15) is 0 Å². The van der Waals surface area contributed by atoms with Crippen LogP contribution < -0.4 is 0 Å². The van der Waals surface area contributed by atoms with Crippen LogP contribution in [0.15, 0.2) is 36.0 Å². The Balaban J connectivity index is 2.07. The standard InChI is InChI=1S/C15H18N2O2/c1-2-6-17-8-10-7-11(9-17)15(16-19)14-12(10)4-3-5-13(14)18/h2-5,10-11,18-19H,1,6-9H2/b16-15-. The van der Waals surface area contributed by atoms with Gasteiger partial charge in [0, 0.05) is 31.1 Å². The molecule has 19 heavy (non-hydrogen) atoms. The van der Waals surface area contributed by atoms with Crippen LogP contribution in [0.3, 0.4) is 0 Å². The van der Waals surface area contributed by atoms with Gasteiger partial charge in [-0.05, 0) is 24.0 Å². The Morgan fingerprint density at radius 1 is 1.37 bits per heavy atom. The molecule has 1 saturated heterocycles. The zero-order chi connectivity index (χ0) is 13.4. The van der Waals surface area contributed by atoms with Crippen molar-refractivity contribution in [2.75, 3.05) is 19.6 Å². The van der Waals surface area contributed by atoms with Gasteiger partial charge in [-0.15, -0.1) is 6.58 Å². The lowest BCUT2D eigenvalue weighted by molar-refractivity contribution is 0.192. The monoisotopic (exact) mass is 258 g/mol. The van der Waals surface area contributed by atoms with Crippen molar-refractivity contribution in [3.63, 3.8) is 0 Å². The zero-order valence-corrected chi connectivity index (χ0v) is 10.8. The van der Waals surface area contributed by atoms with E-state index in [1.54, 1.807) is 6.07 Å². The number of phenolic OH excluding ortho intramolecular Hbond substituents is 1. The number of phenols is 1. The third kappa shape index (κ3) is 1.92. The van der Waals surface area contributed by atoms with Gasteiger partial charge in [0.2, 0.25) is 0 Å². The topological polar surface area (TPSA) is 56.1 Å². The fourth-order valence-electron chi connectivity index (χ4n) is 3.46. The number of benzene rings is 1. The van der Waals surface area contributed by atoms with Crippen molar-refractivity contribution in [1.82, 2.24) is 4.90 Å². The largest absolute Gasteiger partial charge is 0.507 e. The van der Waals surface area contributed by atoms with Crippen LogP contribution in [-0.4, -0.2) is 40.6 Å². The molecule has 2 aliphatic rings. The highest BCUT2D eigenvalue weighted by atomic mass is 16.4. The van der Waals surface area contributed by atoms with E-state index in [0.717, 1.165) is 37.2 Å². The van der Waals surface area contributed by atoms with E-state index in [1.165, 1.54) is 0 Å². The average molecular weight is 258 g/mol. The number of likely N-dealkylation sites (tertiary alicyclic amines) is 1. The molecule has 3 rings (SSSR count). The second-order valence-electron chi connectivity index (χ2n) is 5.36. The van der Waals surface area contributed by atoms with Crippen molar-refractivity contribution in [3.8, 4) is 5.75 Å². The Bertz CT molecular complexity index is 539. The van der Waals surface area contributed by atoms with Gasteiger partial charge >= 0.3 is 0 Å². The summed E-state index contributed by atoms with van der Waals surface area (Å²) in [4.78, 5) is 2.32. The van der Waals surface area contributed by atoms with Crippen LogP contribution in [0, 0.1) is 5.92 Å². The summed E-state index contributed by atoms with van der Waals surface area (Å²) in [6, 6.07) is 5.54. The molecule has 1 heterocycles. The fourth-order valence-corrected chi connectivity index (χ4v) is 3.46. The van der Waals surface area contributed by atoms with E-state index in [2.05, 4.69) is 16.6 Å². The first-order valence-electron chi connectivity index (χ1n) is 6.62. The molecule has 100 valence electrons. The summed E-state index contributed by atoms with van der Waals surface area (Å²) in [6.07, 6.45) is 2.89. The molecular formula is C15H18N2O2. The second-order valence-corrected chi connectivity index (χ2v) is 5.36. The molecule has 0 aromatic heterocycles. The summed E-state index contributed by atoms with van der Waals surface area (Å²) in [5.74, 6) is 0.799. The van der Waals surface area contributed by atoms with Gasteiger partial charge in [0.1, 0.15) is 5.75 Å². The highest BCUT2D eigenvalue weighted by molar-refractivity contribution is 6.06. The minimum atomic E-state index is 0.185. The zero-order valence-electron chi connectivity index (χ0n) is 10.8. The van der Waals surface area contributed by atoms with Crippen LogP contribution in [0.4, 0.5) is 0 Å². The predicted octanol–water partition coefficient (Wildman–Crippen LogP) is 2.18. The summed E-state index contributed by atoms with van der Waals surface area (Å²) in [6.45, 7) is 6.46. The molecule has 0 amide bonds. The number of hydrogen-bond donors (Lipinski definition) is 2. The van der Waals surface area contributed by atoms with E-state index in [4.69, 9.17) is 0 Å². The third-order valence-corrected chi connectivity index (χ3v) is 4.18. The Kier molecular flexibility index (Phi) is 3.03. The van der Waals surface area contributed by atoms with Crippen LogP contribution in [0.2, 0.25) is 0 Å². The van der Waals surface area contributed by atoms with Crippen LogP contribution in [0.25, 0.3) is 0 Å². The molecule has 1 aliphatic heterocycles. The minimum absolute atomic E-state index is 0.185. The van der Waals surface area contributed by atoms with E-state index >= 15 is 0 Å². The lowest BCUT2D eigenvalue weighted by Crippen LogP contribution is -2.45. The van der Waals surface area contributed by atoms with E-state index in [0.29, 0.717) is 11.6 Å². The maximum absolute atomic E-state index is 10.1. The van der Waals surface area contributed by atoms with Gasteiger partial charge in [0.15, 0.2) is 0 Å². The Hall–Kier alpha value is -1.81. The van der Waals surface area contributed by atoms with E-state index in [1.807, 2.05) is 18.2 Å². The number of oxime groups is 1. The van der Waals surface area contributed by atoms with Gasteiger partial charge in [-0.3, -0.25) is 4.90 Å². The molecule has 0 radical (unpaired) electrons. The van der Waals surface area contributed by atoms with Crippen LogP contribution in [0.1, 0.15) is 23.5 Å². The predicted molar refractivity (Wildman–Crippen MR) is 73.9 cm³/mol. The first-order valence-corrected chi connectivity index (χ1v) is 6.62. The normalized spacial score (nSPS) is 28.1. The van der Waals surface area contributed by atoms with Crippen molar-refractivity contribution < 1.29 is 10.3 Å². The van der Waals surface area contributed by atoms with Crippen LogP contribution in [-0.2, 0) is 0 Å². The van der Waals surface area contributed by atoms with Gasteiger partial charge < -0.3 is 10.3 Å². The molecule has 4 heteroatoms. The summed E-state index contributed by atoms with van der Waals surface area (Å²) in [5.41, 5.74) is 2.46. The molecule has 0 spiro atoms. The third-order valence-electron chi connectivity index (χ3n) is 4.18. The number of rotatable bonds is 2. The molecule has 2 N–H and O–H groups in total. The minimum Gasteiger partial charge on any atom is -0.507 e. The maximum Gasteiger partial charge on any atom is 0.125 e. The fraction of sp³-hybridized carbons (Fsp3) is 0.400. The molecule has 1 aromatic carbocycles. The van der Waals surface area contributed by atoms with Crippen LogP contribution in [0.5, 0.6) is 5.75 Å². The summed E-state index contributed by atoms with van der Waals surface area (Å²) >= 11 is 0. The molecular weight excluding hydrogens is 240 g/mol.